The van der Waals surface area contributed by atoms with E-state index >= 15 is 0 Å². The van der Waals surface area contributed by atoms with E-state index in [0.29, 0.717) is 11.1 Å². The molecule has 21 heteroatoms. The molecule has 0 spiro atoms. The Bertz CT molecular complexity index is 2700. The highest BCUT2D eigenvalue weighted by Crippen LogP contribution is 2.26. The smallest absolute Gasteiger partial charge is 0.406 e. The van der Waals surface area contributed by atoms with Crippen LogP contribution in [-0.4, -0.2) is 42.1 Å². The first-order valence-corrected chi connectivity index (χ1v) is 16.8. The summed E-state index contributed by atoms with van der Waals surface area (Å²) < 4.78 is 112. The number of aliphatic hydroxyl groups is 1. The Morgan fingerprint density at radius 2 is 1.07 bits per heavy atom. The van der Waals surface area contributed by atoms with Gasteiger partial charge in [-0.1, -0.05) is 47.5 Å². The molecule has 2 heterocycles. The molecule has 0 unspecified atom stereocenters. The van der Waals surface area contributed by atoms with E-state index in [1.54, 1.807) is 0 Å². The fourth-order valence-corrected chi connectivity index (χ4v) is 5.80. The van der Waals surface area contributed by atoms with Crippen molar-refractivity contribution in [3.05, 3.63) is 147 Å². The molecule has 0 amide bonds. The normalized spacial score (nSPS) is 12.1. The zero-order valence-electron chi connectivity index (χ0n) is 29.1. The van der Waals surface area contributed by atoms with Gasteiger partial charge in [-0.05, 0) is 73.5 Å². The van der Waals surface area contributed by atoms with Gasteiger partial charge in [-0.15, -0.1) is 26.3 Å². The quantitative estimate of drug-likeness (QED) is 0.156. The molecule has 0 bridgehead atoms. The zero-order valence-corrected chi connectivity index (χ0v) is 30.6. The maximum absolute atomic E-state index is 14.7. The predicted octanol–water partition coefficient (Wildman–Crippen LogP) is 7.10. The molecule has 2 aromatic heterocycles. The van der Waals surface area contributed by atoms with E-state index in [1.165, 1.54) is 62.4 Å². The molecular weight excluding hydrogens is 823 g/mol. The summed E-state index contributed by atoms with van der Waals surface area (Å²) in [5, 5.41) is 9.42. The predicted molar refractivity (Wildman–Crippen MR) is 192 cm³/mol. The molecule has 0 saturated heterocycles. The molecule has 0 aliphatic carbocycles. The Labute approximate surface area is 323 Å². The molecule has 0 fully saturated rings. The van der Waals surface area contributed by atoms with Crippen molar-refractivity contribution >= 4 is 45.0 Å². The number of benzene rings is 4. The van der Waals surface area contributed by atoms with Gasteiger partial charge in [0, 0.05) is 0 Å². The van der Waals surface area contributed by atoms with Crippen molar-refractivity contribution in [3.63, 3.8) is 0 Å². The van der Waals surface area contributed by atoms with Crippen molar-refractivity contribution in [2.24, 2.45) is 0 Å². The van der Waals surface area contributed by atoms with E-state index in [2.05, 4.69) is 14.5 Å². The molecule has 57 heavy (non-hydrogen) atoms. The number of nitrogens with one attached hydrogen (secondary N) is 1. The van der Waals surface area contributed by atoms with Gasteiger partial charge in [-0.25, -0.2) is 18.4 Å². The first-order valence-electron chi connectivity index (χ1n) is 16.1. The van der Waals surface area contributed by atoms with Gasteiger partial charge in [-0.3, -0.25) is 23.3 Å². The van der Waals surface area contributed by atoms with E-state index in [0.717, 1.165) is 38.0 Å². The minimum absolute atomic E-state index is 0.0801. The molecule has 2 N–H and O–H groups in total. The van der Waals surface area contributed by atoms with E-state index in [-0.39, 0.29) is 51.5 Å². The Morgan fingerprint density at radius 1 is 0.632 bits per heavy atom. The second-order valence-electron chi connectivity index (χ2n) is 12.8. The van der Waals surface area contributed by atoms with Crippen molar-refractivity contribution in [1.82, 2.24) is 18.7 Å². The van der Waals surface area contributed by atoms with Crippen LogP contribution < -0.4 is 32.0 Å². The SMILES string of the molecule is CC(C)(O)Cn1c(=O)n(Cc2ccc(OC(F)(F)F)cc2)c(=O)c2ccc(Cl)c(F)c21.O=c1[nH]c2c(F)c(Cl)ccc2c(=O)n1Cc1ccc(OC(F)(F)F)cc1. The lowest BCUT2D eigenvalue weighted by molar-refractivity contribution is -0.275. The van der Waals surface area contributed by atoms with Crippen LogP contribution in [0.5, 0.6) is 11.5 Å². The summed E-state index contributed by atoms with van der Waals surface area (Å²) in [4.78, 5) is 52.7. The number of aromatic amines is 1. The molecule has 0 aliphatic rings. The molecule has 302 valence electrons. The number of H-pyrrole nitrogens is 1. The molecule has 0 aliphatic heterocycles. The van der Waals surface area contributed by atoms with Crippen molar-refractivity contribution in [2.45, 2.75) is 51.8 Å². The van der Waals surface area contributed by atoms with Crippen LogP contribution in [0.3, 0.4) is 0 Å². The van der Waals surface area contributed by atoms with Crippen LogP contribution in [-0.2, 0) is 19.6 Å². The second kappa shape index (κ2) is 16.1. The lowest BCUT2D eigenvalue weighted by Gasteiger charge is -2.22. The number of hydrogen-bond donors (Lipinski definition) is 2. The topological polar surface area (TPSA) is 138 Å². The van der Waals surface area contributed by atoms with Gasteiger partial charge in [0.25, 0.3) is 11.1 Å². The first kappa shape index (κ1) is 42.5. The van der Waals surface area contributed by atoms with Crippen molar-refractivity contribution < 1.29 is 49.7 Å². The molecular formula is C36H26Cl2F8N4O7. The fraction of sp³-hybridized carbons (Fsp3) is 0.222. The average Bonchev–Trinajstić information content (AvgIpc) is 3.10. The van der Waals surface area contributed by atoms with E-state index < -0.39 is 64.0 Å². The van der Waals surface area contributed by atoms with Crippen LogP contribution in [0.4, 0.5) is 35.1 Å². The van der Waals surface area contributed by atoms with Gasteiger partial charge >= 0.3 is 24.1 Å². The molecule has 0 saturated carbocycles. The summed E-state index contributed by atoms with van der Waals surface area (Å²) in [5.41, 5.74) is -4.71. The monoisotopic (exact) mass is 848 g/mol. The number of aromatic nitrogens is 4. The second-order valence-corrected chi connectivity index (χ2v) is 13.6. The maximum Gasteiger partial charge on any atom is 0.573 e. The first-order chi connectivity index (χ1) is 26.4. The van der Waals surface area contributed by atoms with Crippen molar-refractivity contribution in [1.29, 1.82) is 0 Å². The van der Waals surface area contributed by atoms with Gasteiger partial charge < -0.3 is 19.6 Å². The van der Waals surface area contributed by atoms with Gasteiger partial charge in [0.15, 0.2) is 11.6 Å². The van der Waals surface area contributed by atoms with Gasteiger partial charge in [-0.2, -0.15) is 0 Å². The number of hydrogen-bond acceptors (Lipinski definition) is 7. The maximum atomic E-state index is 14.7. The molecule has 11 nitrogen and oxygen atoms in total. The Balaban J connectivity index is 0.000000221. The van der Waals surface area contributed by atoms with Gasteiger partial charge in [0.2, 0.25) is 0 Å². The van der Waals surface area contributed by atoms with Gasteiger partial charge in [0.05, 0.1) is 57.1 Å². The molecule has 0 radical (unpaired) electrons. The van der Waals surface area contributed by atoms with Crippen molar-refractivity contribution in [2.75, 3.05) is 0 Å². The van der Waals surface area contributed by atoms with Crippen LogP contribution >= 0.6 is 23.2 Å². The van der Waals surface area contributed by atoms with Crippen molar-refractivity contribution in [3.8, 4) is 11.5 Å². The summed E-state index contributed by atoms with van der Waals surface area (Å²) in [6, 6.07) is 14.2. The molecule has 0 atom stereocenters. The minimum Gasteiger partial charge on any atom is -0.406 e. The standard InChI is InChI=1S/C20H17ClF4N2O4.C16H9ClF4N2O3/c1-19(2,30)10-27-16-13(7-8-14(21)15(16)22)17(28)26(18(27)29)9-11-3-5-12(6-4-11)31-20(23,24)25;17-11-6-5-10-13(12(11)18)22-15(25)23(14(10)24)7-8-1-3-9(4-2-8)26-16(19,20)21/h3-8,30H,9-10H2,1-2H3;1-6H,7H2,(H,22,25). The highest BCUT2D eigenvalue weighted by atomic mass is 35.5. The summed E-state index contributed by atoms with van der Waals surface area (Å²) in [6.45, 7) is 1.96. The highest BCUT2D eigenvalue weighted by molar-refractivity contribution is 6.31. The van der Waals surface area contributed by atoms with E-state index in [4.69, 9.17) is 23.2 Å². The average molecular weight is 850 g/mol. The zero-order chi connectivity index (χ0) is 42.2. The van der Waals surface area contributed by atoms with E-state index in [1.807, 2.05) is 0 Å². The lowest BCUT2D eigenvalue weighted by atomic mass is 10.1. The third-order valence-corrected chi connectivity index (χ3v) is 8.45. The lowest BCUT2D eigenvalue weighted by Crippen LogP contribution is -2.43. The number of halogens is 10. The number of fused-ring (bicyclic) bond motifs is 2. The molecule has 6 rings (SSSR count). The van der Waals surface area contributed by atoms with Crippen LogP contribution in [0.1, 0.15) is 25.0 Å². The highest BCUT2D eigenvalue weighted by Gasteiger charge is 2.32. The van der Waals surface area contributed by atoms with Gasteiger partial charge in [0.1, 0.15) is 11.5 Å². The third-order valence-electron chi connectivity index (χ3n) is 7.86. The number of ether oxygens (including phenoxy) is 2. The largest absolute Gasteiger partial charge is 0.573 e. The summed E-state index contributed by atoms with van der Waals surface area (Å²) >= 11 is 11.4. The summed E-state index contributed by atoms with van der Waals surface area (Å²) in [7, 11) is 0. The van der Waals surface area contributed by atoms with Crippen LogP contribution in [0.15, 0.2) is 92.0 Å². The van der Waals surface area contributed by atoms with Crippen LogP contribution in [0, 0.1) is 11.6 Å². The Morgan fingerprint density at radius 3 is 1.54 bits per heavy atom. The molecule has 4 aromatic carbocycles. The van der Waals surface area contributed by atoms with Crippen LogP contribution in [0.2, 0.25) is 10.0 Å². The number of rotatable bonds is 8. The summed E-state index contributed by atoms with van der Waals surface area (Å²) in [5.74, 6) is -2.78. The number of nitrogens with zero attached hydrogens (tertiary/aromatic N) is 3. The Hall–Kier alpha value is -5.66. The molecule has 6 aromatic rings. The minimum atomic E-state index is -4.85. The van der Waals surface area contributed by atoms with Crippen LogP contribution in [0.25, 0.3) is 21.8 Å². The fourth-order valence-electron chi connectivity index (χ4n) is 5.49. The third kappa shape index (κ3) is 10.2. The Kier molecular flexibility index (Phi) is 12.0. The number of alkyl halides is 6. The summed E-state index contributed by atoms with van der Waals surface area (Å²) in [6.07, 6.45) is -9.67. The van der Waals surface area contributed by atoms with E-state index in [9.17, 15) is 59.4 Å².